The Kier molecular flexibility index (Phi) is 4.46. The van der Waals surface area contributed by atoms with Crippen molar-refractivity contribution in [3.8, 4) is 0 Å². The molecule has 2 rings (SSSR count). The minimum absolute atomic E-state index is 0.0668. The van der Waals surface area contributed by atoms with Crippen molar-refractivity contribution >= 4 is 5.69 Å². The van der Waals surface area contributed by atoms with E-state index in [1.54, 1.807) is 0 Å². The number of anilines is 1. The Morgan fingerprint density at radius 1 is 1.32 bits per heavy atom. The SMILES string of the molecule is CC[C@@H](N)c1ccc(N2CCCC(C)(C)CC2)cn1. The maximum absolute atomic E-state index is 6.01. The van der Waals surface area contributed by atoms with E-state index in [4.69, 9.17) is 5.73 Å². The van der Waals surface area contributed by atoms with E-state index in [-0.39, 0.29) is 6.04 Å². The maximum atomic E-state index is 6.01. The second-order valence-electron chi connectivity index (χ2n) is 6.46. The summed E-state index contributed by atoms with van der Waals surface area (Å²) in [5, 5.41) is 0. The Morgan fingerprint density at radius 2 is 2.11 bits per heavy atom. The van der Waals surface area contributed by atoms with E-state index < -0.39 is 0 Å². The molecule has 1 atom stereocenters. The molecule has 1 fully saturated rings. The van der Waals surface area contributed by atoms with E-state index in [0.717, 1.165) is 25.2 Å². The largest absolute Gasteiger partial charge is 0.370 e. The molecule has 0 spiro atoms. The van der Waals surface area contributed by atoms with Crippen LogP contribution in [0.5, 0.6) is 0 Å². The van der Waals surface area contributed by atoms with Crippen LogP contribution in [0.2, 0.25) is 0 Å². The predicted molar refractivity (Wildman–Crippen MR) is 81.3 cm³/mol. The van der Waals surface area contributed by atoms with Gasteiger partial charge in [-0.05, 0) is 43.2 Å². The molecule has 0 aliphatic carbocycles. The highest BCUT2D eigenvalue weighted by Gasteiger charge is 2.23. The van der Waals surface area contributed by atoms with E-state index in [1.807, 2.05) is 6.20 Å². The second kappa shape index (κ2) is 5.91. The van der Waals surface area contributed by atoms with Gasteiger partial charge < -0.3 is 10.6 Å². The summed E-state index contributed by atoms with van der Waals surface area (Å²) >= 11 is 0. The van der Waals surface area contributed by atoms with Gasteiger partial charge in [0.2, 0.25) is 0 Å². The van der Waals surface area contributed by atoms with Gasteiger partial charge in [-0.3, -0.25) is 4.98 Å². The van der Waals surface area contributed by atoms with Gasteiger partial charge in [0.15, 0.2) is 0 Å². The molecular weight excluding hydrogens is 234 g/mol. The molecule has 2 N–H and O–H groups in total. The highest BCUT2D eigenvalue weighted by Crippen LogP contribution is 2.31. The maximum Gasteiger partial charge on any atom is 0.0572 e. The zero-order valence-corrected chi connectivity index (χ0v) is 12.5. The summed E-state index contributed by atoms with van der Waals surface area (Å²) in [5.41, 5.74) is 8.73. The Bertz CT molecular complexity index is 397. The lowest BCUT2D eigenvalue weighted by molar-refractivity contribution is 0.325. The van der Waals surface area contributed by atoms with Gasteiger partial charge in [-0.1, -0.05) is 20.8 Å². The Hall–Kier alpha value is -1.09. The molecule has 1 aromatic rings. The van der Waals surface area contributed by atoms with Gasteiger partial charge in [0.05, 0.1) is 17.6 Å². The highest BCUT2D eigenvalue weighted by molar-refractivity contribution is 5.45. The zero-order chi connectivity index (χ0) is 13.9. The van der Waals surface area contributed by atoms with Gasteiger partial charge in [-0.2, -0.15) is 0 Å². The van der Waals surface area contributed by atoms with Gasteiger partial charge in [0, 0.05) is 19.1 Å². The molecule has 0 amide bonds. The van der Waals surface area contributed by atoms with E-state index in [9.17, 15) is 0 Å². The number of hydrogen-bond donors (Lipinski definition) is 1. The monoisotopic (exact) mass is 261 g/mol. The van der Waals surface area contributed by atoms with Gasteiger partial charge in [0.1, 0.15) is 0 Å². The van der Waals surface area contributed by atoms with Crippen molar-refractivity contribution in [2.45, 2.75) is 52.5 Å². The molecule has 3 heteroatoms. The summed E-state index contributed by atoms with van der Waals surface area (Å²) in [6.07, 6.45) is 6.76. The molecule has 1 aliphatic heterocycles. The van der Waals surface area contributed by atoms with E-state index in [2.05, 4.69) is 42.8 Å². The first-order valence-electron chi connectivity index (χ1n) is 7.48. The normalized spacial score (nSPS) is 20.9. The summed E-state index contributed by atoms with van der Waals surface area (Å²) < 4.78 is 0. The standard InChI is InChI=1S/C16H27N3/c1-4-14(17)15-7-6-13(12-18-15)19-10-5-8-16(2,3)9-11-19/h6-7,12,14H,4-5,8-11,17H2,1-3H3/t14-/m1/s1. The number of pyridine rings is 1. The lowest BCUT2D eigenvalue weighted by atomic mass is 9.85. The fourth-order valence-corrected chi connectivity index (χ4v) is 2.69. The number of nitrogens with two attached hydrogens (primary N) is 1. The number of hydrogen-bond acceptors (Lipinski definition) is 3. The quantitative estimate of drug-likeness (QED) is 0.905. The molecule has 1 aliphatic rings. The predicted octanol–water partition coefficient (Wildman–Crippen LogP) is 3.51. The fourth-order valence-electron chi connectivity index (χ4n) is 2.69. The first-order valence-corrected chi connectivity index (χ1v) is 7.48. The highest BCUT2D eigenvalue weighted by atomic mass is 15.1. The summed E-state index contributed by atoms with van der Waals surface area (Å²) in [6.45, 7) is 9.12. The molecule has 1 aromatic heterocycles. The molecule has 1 saturated heterocycles. The van der Waals surface area contributed by atoms with Crippen LogP contribution in [0, 0.1) is 5.41 Å². The first kappa shape index (κ1) is 14.3. The second-order valence-corrected chi connectivity index (χ2v) is 6.46. The molecule has 0 radical (unpaired) electrons. The van der Waals surface area contributed by atoms with Crippen LogP contribution >= 0.6 is 0 Å². The van der Waals surface area contributed by atoms with E-state index in [1.165, 1.54) is 24.9 Å². The smallest absolute Gasteiger partial charge is 0.0572 e. The molecule has 106 valence electrons. The van der Waals surface area contributed by atoms with Crippen LogP contribution in [0.1, 0.15) is 58.2 Å². The van der Waals surface area contributed by atoms with Crippen LogP contribution < -0.4 is 10.6 Å². The van der Waals surface area contributed by atoms with Crippen molar-refractivity contribution in [1.29, 1.82) is 0 Å². The third-order valence-corrected chi connectivity index (χ3v) is 4.30. The molecule has 0 aromatic carbocycles. The van der Waals surface area contributed by atoms with Crippen molar-refractivity contribution < 1.29 is 0 Å². The molecule has 0 bridgehead atoms. The fraction of sp³-hybridized carbons (Fsp3) is 0.688. The third kappa shape index (κ3) is 3.69. The third-order valence-electron chi connectivity index (χ3n) is 4.30. The first-order chi connectivity index (χ1) is 9.02. The zero-order valence-electron chi connectivity index (χ0n) is 12.5. The van der Waals surface area contributed by atoms with E-state index in [0.29, 0.717) is 5.41 Å². The Balaban J connectivity index is 2.05. The summed E-state index contributed by atoms with van der Waals surface area (Å²) in [5.74, 6) is 0. The number of aromatic nitrogens is 1. The molecule has 0 unspecified atom stereocenters. The van der Waals surface area contributed by atoms with Crippen LogP contribution in [-0.2, 0) is 0 Å². The topological polar surface area (TPSA) is 42.1 Å². The van der Waals surface area contributed by atoms with Crippen LogP contribution in [0.25, 0.3) is 0 Å². The van der Waals surface area contributed by atoms with Gasteiger partial charge in [-0.15, -0.1) is 0 Å². The van der Waals surface area contributed by atoms with Crippen LogP contribution in [-0.4, -0.2) is 18.1 Å². The van der Waals surface area contributed by atoms with Crippen LogP contribution in [0.3, 0.4) is 0 Å². The van der Waals surface area contributed by atoms with Crippen molar-refractivity contribution in [2.75, 3.05) is 18.0 Å². The van der Waals surface area contributed by atoms with Crippen molar-refractivity contribution in [2.24, 2.45) is 11.1 Å². The molecule has 19 heavy (non-hydrogen) atoms. The summed E-state index contributed by atoms with van der Waals surface area (Å²) in [6, 6.07) is 4.33. The van der Waals surface area contributed by atoms with Gasteiger partial charge in [-0.25, -0.2) is 0 Å². The lowest BCUT2D eigenvalue weighted by Crippen LogP contribution is -2.25. The Labute approximate surface area is 117 Å². The van der Waals surface area contributed by atoms with Crippen LogP contribution in [0.4, 0.5) is 5.69 Å². The molecule has 2 heterocycles. The summed E-state index contributed by atoms with van der Waals surface area (Å²) in [7, 11) is 0. The molecule has 3 nitrogen and oxygen atoms in total. The minimum atomic E-state index is 0.0668. The van der Waals surface area contributed by atoms with Crippen LogP contribution in [0.15, 0.2) is 18.3 Å². The van der Waals surface area contributed by atoms with Crippen molar-refractivity contribution in [3.63, 3.8) is 0 Å². The average Bonchev–Trinajstić information content (AvgIpc) is 2.59. The van der Waals surface area contributed by atoms with Gasteiger partial charge in [0.25, 0.3) is 0 Å². The van der Waals surface area contributed by atoms with Crippen molar-refractivity contribution in [1.82, 2.24) is 4.98 Å². The lowest BCUT2D eigenvalue weighted by Gasteiger charge is -2.25. The summed E-state index contributed by atoms with van der Waals surface area (Å²) in [4.78, 5) is 6.99. The number of nitrogens with zero attached hydrogens (tertiary/aromatic N) is 2. The minimum Gasteiger partial charge on any atom is -0.370 e. The van der Waals surface area contributed by atoms with Crippen molar-refractivity contribution in [3.05, 3.63) is 24.0 Å². The number of rotatable bonds is 3. The Morgan fingerprint density at radius 3 is 2.74 bits per heavy atom. The van der Waals surface area contributed by atoms with E-state index >= 15 is 0 Å². The average molecular weight is 261 g/mol. The molecule has 0 saturated carbocycles. The molecular formula is C16H27N3. The van der Waals surface area contributed by atoms with Gasteiger partial charge >= 0.3 is 0 Å².